The lowest BCUT2D eigenvalue weighted by Gasteiger charge is -2.18. The van der Waals surface area contributed by atoms with Crippen molar-refractivity contribution >= 4 is 29.3 Å². The molecule has 0 N–H and O–H groups in total. The number of carbonyl (C=O) groups is 1. The van der Waals surface area contributed by atoms with Gasteiger partial charge in [0.25, 0.3) is 5.91 Å². The van der Waals surface area contributed by atoms with Gasteiger partial charge in [0, 0.05) is 37.6 Å². The van der Waals surface area contributed by atoms with Gasteiger partial charge in [-0.1, -0.05) is 60.6 Å². The van der Waals surface area contributed by atoms with Gasteiger partial charge >= 0.3 is 0 Å². The Bertz CT molecular complexity index is 1020. The van der Waals surface area contributed by atoms with Crippen molar-refractivity contribution in [1.29, 1.82) is 0 Å². The van der Waals surface area contributed by atoms with Gasteiger partial charge in [-0.15, -0.1) is 10.2 Å². The van der Waals surface area contributed by atoms with Crippen molar-refractivity contribution in [1.82, 2.24) is 19.7 Å². The van der Waals surface area contributed by atoms with Gasteiger partial charge in [-0.3, -0.25) is 9.36 Å². The summed E-state index contributed by atoms with van der Waals surface area (Å²) < 4.78 is 7.30. The largest absolute Gasteiger partial charge is 0.383 e. The second-order valence-electron chi connectivity index (χ2n) is 7.10. The van der Waals surface area contributed by atoms with Crippen molar-refractivity contribution in [2.45, 2.75) is 30.8 Å². The first kappa shape index (κ1) is 23.3. The van der Waals surface area contributed by atoms with E-state index in [0.29, 0.717) is 29.8 Å². The third-order valence-electron chi connectivity index (χ3n) is 4.86. The van der Waals surface area contributed by atoms with E-state index in [1.165, 1.54) is 0 Å². The van der Waals surface area contributed by atoms with E-state index in [2.05, 4.69) is 17.1 Å². The van der Waals surface area contributed by atoms with Crippen LogP contribution in [0.5, 0.6) is 0 Å². The normalized spacial score (nSPS) is 11.0. The number of benzene rings is 2. The molecular weight excluding hydrogens is 432 g/mol. The number of hydrogen-bond acceptors (Lipinski definition) is 5. The Hall–Kier alpha value is -2.35. The predicted molar refractivity (Wildman–Crippen MR) is 126 cm³/mol. The maximum atomic E-state index is 12.9. The molecule has 0 aliphatic heterocycles. The van der Waals surface area contributed by atoms with Crippen LogP contribution in [0, 0.1) is 0 Å². The summed E-state index contributed by atoms with van der Waals surface area (Å²) >= 11 is 7.95. The Kier molecular flexibility index (Phi) is 8.51. The molecule has 0 saturated heterocycles. The first-order chi connectivity index (χ1) is 15.1. The number of carbonyl (C=O) groups excluding carboxylic acids is 1. The van der Waals surface area contributed by atoms with Crippen LogP contribution < -0.4 is 0 Å². The minimum Gasteiger partial charge on any atom is -0.383 e. The standard InChI is InChI=1S/C23H27ClN4O2S/c1-4-13-27(2)22(29)18-10-6-5-9-17(18)16-31-23-26-25-21(28(23)14-15-30-3)19-11-7-8-12-20(19)24/h5-12H,4,13-16H2,1-3H3. The molecule has 0 bridgehead atoms. The molecule has 0 radical (unpaired) electrons. The highest BCUT2D eigenvalue weighted by Crippen LogP contribution is 2.31. The Morgan fingerprint density at radius 2 is 1.90 bits per heavy atom. The zero-order valence-electron chi connectivity index (χ0n) is 18.0. The van der Waals surface area contributed by atoms with Gasteiger partial charge in [0.15, 0.2) is 11.0 Å². The van der Waals surface area contributed by atoms with Crippen molar-refractivity contribution in [3.63, 3.8) is 0 Å². The lowest BCUT2D eigenvalue weighted by Crippen LogP contribution is -2.28. The minimum atomic E-state index is 0.0376. The molecule has 0 aliphatic rings. The number of rotatable bonds is 10. The monoisotopic (exact) mass is 458 g/mol. The molecule has 0 spiro atoms. The molecule has 8 heteroatoms. The van der Waals surface area contributed by atoms with Crippen LogP contribution >= 0.6 is 23.4 Å². The number of nitrogens with zero attached hydrogens (tertiary/aromatic N) is 4. The Morgan fingerprint density at radius 3 is 2.65 bits per heavy atom. The number of amides is 1. The summed E-state index contributed by atoms with van der Waals surface area (Å²) in [6, 6.07) is 15.3. The first-order valence-electron chi connectivity index (χ1n) is 10.2. The van der Waals surface area contributed by atoms with Crippen LogP contribution in [0.1, 0.15) is 29.3 Å². The summed E-state index contributed by atoms with van der Waals surface area (Å²) in [5.41, 5.74) is 2.53. The summed E-state index contributed by atoms with van der Waals surface area (Å²) in [5.74, 6) is 1.35. The van der Waals surface area contributed by atoms with E-state index in [-0.39, 0.29) is 5.91 Å². The highest BCUT2D eigenvalue weighted by Gasteiger charge is 2.19. The van der Waals surface area contributed by atoms with E-state index in [1.807, 2.05) is 60.1 Å². The Labute approximate surface area is 192 Å². The summed E-state index contributed by atoms with van der Waals surface area (Å²) in [6.45, 7) is 3.92. The van der Waals surface area contributed by atoms with E-state index in [4.69, 9.17) is 16.3 Å². The molecule has 3 rings (SSSR count). The highest BCUT2D eigenvalue weighted by molar-refractivity contribution is 7.98. The number of halogens is 1. The number of hydrogen-bond donors (Lipinski definition) is 0. The van der Waals surface area contributed by atoms with Crippen molar-refractivity contribution in [3.05, 3.63) is 64.7 Å². The fourth-order valence-electron chi connectivity index (χ4n) is 3.26. The van der Waals surface area contributed by atoms with Crippen LogP contribution in [0.3, 0.4) is 0 Å². The molecule has 0 fully saturated rings. The van der Waals surface area contributed by atoms with Crippen LogP contribution in [0.15, 0.2) is 53.7 Å². The molecule has 31 heavy (non-hydrogen) atoms. The van der Waals surface area contributed by atoms with Crippen molar-refractivity contribution < 1.29 is 9.53 Å². The zero-order valence-corrected chi connectivity index (χ0v) is 19.6. The fraction of sp³-hybridized carbons (Fsp3) is 0.348. The SMILES string of the molecule is CCCN(C)C(=O)c1ccccc1CSc1nnc(-c2ccccc2Cl)n1CCOC. The number of ether oxygens (including phenoxy) is 1. The van der Waals surface area contributed by atoms with Crippen molar-refractivity contribution in [3.8, 4) is 11.4 Å². The first-order valence-corrected chi connectivity index (χ1v) is 11.6. The quantitative estimate of drug-likeness (QED) is 0.399. The van der Waals surface area contributed by atoms with Crippen LogP contribution in [0.25, 0.3) is 11.4 Å². The van der Waals surface area contributed by atoms with Gasteiger partial charge in [-0.25, -0.2) is 0 Å². The molecule has 6 nitrogen and oxygen atoms in total. The molecule has 1 heterocycles. The van der Waals surface area contributed by atoms with Gasteiger partial charge in [-0.05, 0) is 30.2 Å². The summed E-state index contributed by atoms with van der Waals surface area (Å²) in [4.78, 5) is 14.6. The van der Waals surface area contributed by atoms with Crippen LogP contribution in [-0.4, -0.2) is 52.9 Å². The van der Waals surface area contributed by atoms with Crippen LogP contribution in [0.2, 0.25) is 5.02 Å². The zero-order chi connectivity index (χ0) is 22.2. The Balaban J connectivity index is 1.86. The summed E-state index contributed by atoms with van der Waals surface area (Å²) in [5, 5.41) is 10.2. The van der Waals surface area contributed by atoms with E-state index in [9.17, 15) is 4.79 Å². The molecule has 0 atom stereocenters. The maximum Gasteiger partial charge on any atom is 0.253 e. The number of thioether (sulfide) groups is 1. The summed E-state index contributed by atoms with van der Waals surface area (Å²) in [7, 11) is 3.51. The van der Waals surface area contributed by atoms with Gasteiger partial charge in [0.2, 0.25) is 0 Å². The van der Waals surface area contributed by atoms with Gasteiger partial charge in [0.05, 0.1) is 18.2 Å². The molecule has 164 valence electrons. The van der Waals surface area contributed by atoms with Crippen LogP contribution in [-0.2, 0) is 17.0 Å². The molecule has 1 aromatic heterocycles. The molecule has 3 aromatic rings. The average molecular weight is 459 g/mol. The third-order valence-corrected chi connectivity index (χ3v) is 6.21. The topological polar surface area (TPSA) is 60.2 Å². The third kappa shape index (κ3) is 5.67. The molecular formula is C23H27ClN4O2S. The molecule has 2 aromatic carbocycles. The van der Waals surface area contributed by atoms with E-state index in [1.54, 1.807) is 23.8 Å². The van der Waals surface area contributed by atoms with Gasteiger partial charge in [-0.2, -0.15) is 0 Å². The van der Waals surface area contributed by atoms with E-state index >= 15 is 0 Å². The molecule has 0 saturated carbocycles. The van der Waals surface area contributed by atoms with Gasteiger partial charge in [0.1, 0.15) is 0 Å². The smallest absolute Gasteiger partial charge is 0.253 e. The fourth-order valence-corrected chi connectivity index (χ4v) is 4.45. The van der Waals surface area contributed by atoms with Gasteiger partial charge < -0.3 is 9.64 Å². The average Bonchev–Trinajstić information content (AvgIpc) is 3.18. The second-order valence-corrected chi connectivity index (χ2v) is 8.45. The number of methoxy groups -OCH3 is 1. The maximum absolute atomic E-state index is 12.9. The summed E-state index contributed by atoms with van der Waals surface area (Å²) in [6.07, 6.45) is 0.923. The molecule has 1 amide bonds. The Morgan fingerprint density at radius 1 is 1.16 bits per heavy atom. The van der Waals surface area contributed by atoms with Crippen LogP contribution in [0.4, 0.5) is 0 Å². The highest BCUT2D eigenvalue weighted by atomic mass is 35.5. The second kappa shape index (κ2) is 11.3. The molecule has 0 aliphatic carbocycles. The van der Waals surface area contributed by atoms with E-state index < -0.39 is 0 Å². The predicted octanol–water partition coefficient (Wildman–Crippen LogP) is 5.02. The lowest BCUT2D eigenvalue weighted by molar-refractivity contribution is 0.0794. The number of aromatic nitrogens is 3. The van der Waals surface area contributed by atoms with Crippen molar-refractivity contribution in [2.24, 2.45) is 0 Å². The lowest BCUT2D eigenvalue weighted by atomic mass is 10.1. The minimum absolute atomic E-state index is 0.0376. The van der Waals surface area contributed by atoms with Crippen molar-refractivity contribution in [2.75, 3.05) is 27.3 Å². The molecule has 0 unspecified atom stereocenters. The van der Waals surface area contributed by atoms with E-state index in [0.717, 1.165) is 34.8 Å².